The van der Waals surface area contributed by atoms with Crippen molar-refractivity contribution in [1.82, 2.24) is 0 Å². The van der Waals surface area contributed by atoms with Crippen LogP contribution in [0, 0.1) is 0 Å². The first kappa shape index (κ1) is 13.0. The number of aromatic hydroxyl groups is 1. The van der Waals surface area contributed by atoms with E-state index >= 15 is 0 Å². The minimum Gasteiger partial charge on any atom is -0.508 e. The lowest BCUT2D eigenvalue weighted by molar-refractivity contribution is 0.469. The Hall–Kier alpha value is -1.48. The van der Waals surface area contributed by atoms with E-state index in [0.717, 1.165) is 22.1 Å². The van der Waals surface area contributed by atoms with Crippen molar-refractivity contribution in [2.45, 2.75) is 19.9 Å². The van der Waals surface area contributed by atoms with Crippen LogP contribution in [0.3, 0.4) is 0 Å². The zero-order valence-electron chi connectivity index (χ0n) is 10.3. The van der Waals surface area contributed by atoms with Crippen molar-refractivity contribution in [2.24, 2.45) is 0 Å². The molecule has 0 saturated heterocycles. The minimum atomic E-state index is 0.316. The number of hydrogen-bond donors (Lipinski definition) is 2. The molecule has 0 atom stereocenters. The van der Waals surface area contributed by atoms with Crippen molar-refractivity contribution in [3.05, 3.63) is 58.1 Å². The number of phenols is 1. The Kier molecular flexibility index (Phi) is 4.26. The molecule has 2 N–H and O–H groups in total. The van der Waals surface area contributed by atoms with E-state index in [4.69, 9.17) is 0 Å². The first-order valence-corrected chi connectivity index (χ1v) is 6.78. The molecule has 0 heterocycles. The molecule has 2 rings (SSSR count). The van der Waals surface area contributed by atoms with Crippen LogP contribution in [0.1, 0.15) is 18.1 Å². The molecule has 3 heteroatoms. The topological polar surface area (TPSA) is 32.3 Å². The SMILES string of the molecule is CCc1ccc(NCc2cc(Br)ccc2O)cc1. The molecule has 94 valence electrons. The third kappa shape index (κ3) is 3.26. The van der Waals surface area contributed by atoms with Crippen LogP contribution in [0.2, 0.25) is 0 Å². The Morgan fingerprint density at radius 2 is 1.83 bits per heavy atom. The van der Waals surface area contributed by atoms with Crippen LogP contribution in [-0.2, 0) is 13.0 Å². The first-order valence-electron chi connectivity index (χ1n) is 5.99. The summed E-state index contributed by atoms with van der Waals surface area (Å²) >= 11 is 3.40. The Labute approximate surface area is 116 Å². The largest absolute Gasteiger partial charge is 0.508 e. The highest BCUT2D eigenvalue weighted by Gasteiger charge is 2.01. The predicted molar refractivity (Wildman–Crippen MR) is 79.0 cm³/mol. The van der Waals surface area contributed by atoms with E-state index in [2.05, 4.69) is 52.4 Å². The van der Waals surface area contributed by atoms with E-state index in [-0.39, 0.29) is 0 Å². The fourth-order valence-electron chi connectivity index (χ4n) is 1.75. The highest BCUT2D eigenvalue weighted by molar-refractivity contribution is 9.10. The molecule has 18 heavy (non-hydrogen) atoms. The number of anilines is 1. The van der Waals surface area contributed by atoms with Crippen LogP contribution in [0.25, 0.3) is 0 Å². The van der Waals surface area contributed by atoms with Gasteiger partial charge in [-0.1, -0.05) is 35.0 Å². The molecular formula is C15H16BrNO. The molecule has 0 amide bonds. The van der Waals surface area contributed by atoms with Crippen molar-refractivity contribution in [2.75, 3.05) is 5.32 Å². The summed E-state index contributed by atoms with van der Waals surface area (Å²) in [4.78, 5) is 0. The monoisotopic (exact) mass is 305 g/mol. The molecule has 0 aromatic heterocycles. The maximum absolute atomic E-state index is 9.73. The third-order valence-electron chi connectivity index (χ3n) is 2.89. The molecule has 0 bridgehead atoms. The zero-order valence-corrected chi connectivity index (χ0v) is 11.9. The van der Waals surface area contributed by atoms with Crippen molar-refractivity contribution in [1.29, 1.82) is 0 Å². The van der Waals surface area contributed by atoms with E-state index < -0.39 is 0 Å². The Bertz CT molecular complexity index is 523. The van der Waals surface area contributed by atoms with Crippen LogP contribution in [-0.4, -0.2) is 5.11 Å². The lowest BCUT2D eigenvalue weighted by Crippen LogP contribution is -1.99. The summed E-state index contributed by atoms with van der Waals surface area (Å²) in [6.45, 7) is 2.75. The number of phenolic OH excluding ortho intramolecular Hbond substituents is 1. The van der Waals surface area contributed by atoms with Crippen LogP contribution in [0.4, 0.5) is 5.69 Å². The van der Waals surface area contributed by atoms with Crippen molar-refractivity contribution in [3.8, 4) is 5.75 Å². The Balaban J connectivity index is 2.04. The first-order chi connectivity index (χ1) is 8.69. The molecule has 0 unspecified atom stereocenters. The second-order valence-corrected chi connectivity index (χ2v) is 5.09. The summed E-state index contributed by atoms with van der Waals surface area (Å²) in [7, 11) is 0. The molecule has 0 aliphatic rings. The molecule has 2 aromatic carbocycles. The predicted octanol–water partition coefficient (Wildman–Crippen LogP) is 4.33. The van der Waals surface area contributed by atoms with E-state index in [1.807, 2.05) is 12.1 Å². The van der Waals surface area contributed by atoms with Gasteiger partial charge >= 0.3 is 0 Å². The number of hydrogen-bond acceptors (Lipinski definition) is 2. The molecule has 2 nitrogen and oxygen atoms in total. The minimum absolute atomic E-state index is 0.316. The average Bonchev–Trinajstić information content (AvgIpc) is 2.40. The highest BCUT2D eigenvalue weighted by atomic mass is 79.9. The molecule has 0 spiro atoms. The molecule has 0 aliphatic carbocycles. The summed E-state index contributed by atoms with van der Waals surface area (Å²) < 4.78 is 0.971. The number of nitrogens with one attached hydrogen (secondary N) is 1. The summed E-state index contributed by atoms with van der Waals surface area (Å²) in [6.07, 6.45) is 1.05. The maximum atomic E-state index is 9.73. The fraction of sp³-hybridized carbons (Fsp3) is 0.200. The van der Waals surface area contributed by atoms with E-state index in [9.17, 15) is 5.11 Å². The zero-order chi connectivity index (χ0) is 13.0. The molecule has 0 radical (unpaired) electrons. The van der Waals surface area contributed by atoms with Crippen molar-refractivity contribution >= 4 is 21.6 Å². The van der Waals surface area contributed by atoms with Gasteiger partial charge in [-0.05, 0) is 42.3 Å². The van der Waals surface area contributed by atoms with Crippen molar-refractivity contribution in [3.63, 3.8) is 0 Å². The standard InChI is InChI=1S/C15H16BrNO/c1-2-11-3-6-14(7-4-11)17-10-12-9-13(16)5-8-15(12)18/h3-9,17-18H,2,10H2,1H3. The molecule has 0 saturated carbocycles. The van der Waals surface area contributed by atoms with E-state index in [1.165, 1.54) is 5.56 Å². The second kappa shape index (κ2) is 5.91. The van der Waals surface area contributed by atoms with Crippen molar-refractivity contribution < 1.29 is 5.11 Å². The van der Waals surface area contributed by atoms with Gasteiger partial charge in [-0.3, -0.25) is 0 Å². The second-order valence-electron chi connectivity index (χ2n) is 4.18. The molecule has 2 aromatic rings. The van der Waals surface area contributed by atoms with Gasteiger partial charge < -0.3 is 10.4 Å². The van der Waals surface area contributed by atoms with Crippen LogP contribution >= 0.6 is 15.9 Å². The van der Waals surface area contributed by atoms with E-state index in [0.29, 0.717) is 12.3 Å². The van der Waals surface area contributed by atoms with Gasteiger partial charge in [-0.15, -0.1) is 0 Å². The number of aryl methyl sites for hydroxylation is 1. The highest BCUT2D eigenvalue weighted by Crippen LogP contribution is 2.23. The van der Waals surface area contributed by atoms with Crippen LogP contribution < -0.4 is 5.32 Å². The summed E-state index contributed by atoms with van der Waals surface area (Å²) in [5.41, 5.74) is 3.27. The van der Waals surface area contributed by atoms with Gasteiger partial charge in [0.2, 0.25) is 0 Å². The van der Waals surface area contributed by atoms with Crippen LogP contribution in [0.15, 0.2) is 46.9 Å². The molecule has 0 aliphatic heterocycles. The lowest BCUT2D eigenvalue weighted by atomic mass is 10.1. The van der Waals surface area contributed by atoms with Gasteiger partial charge in [-0.25, -0.2) is 0 Å². The van der Waals surface area contributed by atoms with Gasteiger partial charge in [0.15, 0.2) is 0 Å². The maximum Gasteiger partial charge on any atom is 0.120 e. The fourth-order valence-corrected chi connectivity index (χ4v) is 2.16. The van der Waals surface area contributed by atoms with Gasteiger partial charge in [0.05, 0.1) is 0 Å². The van der Waals surface area contributed by atoms with Crippen LogP contribution in [0.5, 0.6) is 5.75 Å². The normalized spacial score (nSPS) is 10.3. The van der Waals surface area contributed by atoms with E-state index in [1.54, 1.807) is 6.07 Å². The van der Waals surface area contributed by atoms with Gasteiger partial charge in [-0.2, -0.15) is 0 Å². The van der Waals surface area contributed by atoms with Gasteiger partial charge in [0.25, 0.3) is 0 Å². The molecular weight excluding hydrogens is 290 g/mol. The lowest BCUT2D eigenvalue weighted by Gasteiger charge is -2.09. The average molecular weight is 306 g/mol. The Morgan fingerprint density at radius 1 is 1.11 bits per heavy atom. The number of rotatable bonds is 4. The molecule has 0 fully saturated rings. The van der Waals surface area contributed by atoms with Gasteiger partial charge in [0.1, 0.15) is 5.75 Å². The Morgan fingerprint density at radius 3 is 2.50 bits per heavy atom. The smallest absolute Gasteiger partial charge is 0.120 e. The number of benzene rings is 2. The third-order valence-corrected chi connectivity index (χ3v) is 3.38. The summed E-state index contributed by atoms with van der Waals surface area (Å²) in [5, 5.41) is 13.0. The number of halogens is 1. The quantitative estimate of drug-likeness (QED) is 0.881. The summed E-state index contributed by atoms with van der Waals surface area (Å²) in [5.74, 6) is 0.316. The van der Waals surface area contributed by atoms with Gasteiger partial charge in [0, 0.05) is 22.3 Å². The summed E-state index contributed by atoms with van der Waals surface area (Å²) in [6, 6.07) is 13.8.